The fourth-order valence-electron chi connectivity index (χ4n) is 2.96. The van der Waals surface area contributed by atoms with Gasteiger partial charge in [0.15, 0.2) is 0 Å². The van der Waals surface area contributed by atoms with Crippen LogP contribution in [-0.2, 0) is 4.79 Å². The molecule has 23 heavy (non-hydrogen) atoms. The minimum absolute atomic E-state index is 0.139. The smallest absolute Gasteiger partial charge is 0.219 e. The molecule has 0 bridgehead atoms. The molecular formula is C17H23N5O. The van der Waals surface area contributed by atoms with E-state index in [-0.39, 0.29) is 11.8 Å². The third-order valence-corrected chi connectivity index (χ3v) is 4.38. The summed E-state index contributed by atoms with van der Waals surface area (Å²) in [4.78, 5) is 22.6. The predicted molar refractivity (Wildman–Crippen MR) is 87.9 cm³/mol. The van der Waals surface area contributed by atoms with Crippen LogP contribution in [0.5, 0.6) is 0 Å². The SMILES string of the molecule is CC(=O)N1CCCC(c2cnc(-c3cnn(C(C)C)c3)cn2)C1. The van der Waals surface area contributed by atoms with Crippen LogP contribution in [0.2, 0.25) is 0 Å². The lowest BCUT2D eigenvalue weighted by molar-refractivity contribution is -0.130. The summed E-state index contributed by atoms with van der Waals surface area (Å²) in [5.74, 6) is 0.424. The molecule has 1 aliphatic heterocycles. The summed E-state index contributed by atoms with van der Waals surface area (Å²) in [6.07, 6.45) is 9.55. The largest absolute Gasteiger partial charge is 0.342 e. The van der Waals surface area contributed by atoms with Crippen molar-refractivity contribution in [3.63, 3.8) is 0 Å². The second-order valence-electron chi connectivity index (χ2n) is 6.43. The number of rotatable bonds is 3. The predicted octanol–water partition coefficient (Wildman–Crippen LogP) is 2.65. The zero-order valence-electron chi connectivity index (χ0n) is 13.9. The molecule has 0 aliphatic carbocycles. The van der Waals surface area contributed by atoms with Gasteiger partial charge in [0.1, 0.15) is 0 Å². The van der Waals surface area contributed by atoms with Crippen molar-refractivity contribution in [2.24, 2.45) is 0 Å². The molecule has 1 atom stereocenters. The third kappa shape index (κ3) is 3.41. The van der Waals surface area contributed by atoms with Crippen molar-refractivity contribution in [1.82, 2.24) is 24.6 Å². The second kappa shape index (κ2) is 6.48. The Morgan fingerprint density at radius 2 is 2.09 bits per heavy atom. The van der Waals surface area contributed by atoms with Crippen molar-refractivity contribution in [2.45, 2.75) is 45.6 Å². The summed E-state index contributed by atoms with van der Waals surface area (Å²) in [6, 6.07) is 0.329. The highest BCUT2D eigenvalue weighted by molar-refractivity contribution is 5.73. The zero-order valence-corrected chi connectivity index (χ0v) is 13.9. The van der Waals surface area contributed by atoms with Crippen LogP contribution in [0.1, 0.15) is 51.3 Å². The van der Waals surface area contributed by atoms with E-state index in [1.54, 1.807) is 6.92 Å². The van der Waals surface area contributed by atoms with E-state index in [9.17, 15) is 4.79 Å². The van der Waals surface area contributed by atoms with Crippen LogP contribution in [0.25, 0.3) is 11.3 Å². The fraction of sp³-hybridized carbons (Fsp3) is 0.529. The molecule has 0 saturated carbocycles. The summed E-state index contributed by atoms with van der Waals surface area (Å²) in [7, 11) is 0. The van der Waals surface area contributed by atoms with Crippen LogP contribution in [-0.4, -0.2) is 43.6 Å². The highest BCUT2D eigenvalue weighted by Gasteiger charge is 2.24. The number of piperidine rings is 1. The molecule has 0 radical (unpaired) electrons. The number of aromatic nitrogens is 4. The van der Waals surface area contributed by atoms with Gasteiger partial charge in [0.25, 0.3) is 0 Å². The maximum Gasteiger partial charge on any atom is 0.219 e. The maximum absolute atomic E-state index is 11.6. The first-order valence-electron chi connectivity index (χ1n) is 8.16. The normalized spacial score (nSPS) is 18.4. The average Bonchev–Trinajstić information content (AvgIpc) is 3.05. The van der Waals surface area contributed by atoms with Crippen molar-refractivity contribution in [1.29, 1.82) is 0 Å². The molecule has 3 heterocycles. The van der Waals surface area contributed by atoms with Gasteiger partial charge < -0.3 is 4.90 Å². The molecule has 1 amide bonds. The van der Waals surface area contributed by atoms with E-state index in [0.29, 0.717) is 6.04 Å². The molecule has 0 aromatic carbocycles. The van der Waals surface area contributed by atoms with E-state index < -0.39 is 0 Å². The van der Waals surface area contributed by atoms with Crippen molar-refractivity contribution >= 4 is 5.91 Å². The van der Waals surface area contributed by atoms with Crippen molar-refractivity contribution in [3.05, 3.63) is 30.5 Å². The minimum atomic E-state index is 0.139. The van der Waals surface area contributed by atoms with Crippen LogP contribution < -0.4 is 0 Å². The summed E-state index contributed by atoms with van der Waals surface area (Å²) in [5, 5.41) is 4.34. The van der Waals surface area contributed by atoms with Gasteiger partial charge in [0.05, 0.1) is 23.8 Å². The molecule has 0 N–H and O–H groups in total. The van der Waals surface area contributed by atoms with Gasteiger partial charge in [-0.3, -0.25) is 19.4 Å². The van der Waals surface area contributed by atoms with E-state index in [2.05, 4.69) is 28.9 Å². The van der Waals surface area contributed by atoms with E-state index in [0.717, 1.165) is 42.9 Å². The number of amides is 1. The third-order valence-electron chi connectivity index (χ3n) is 4.38. The van der Waals surface area contributed by atoms with E-state index in [1.165, 1.54) is 0 Å². The monoisotopic (exact) mass is 313 g/mol. The van der Waals surface area contributed by atoms with Gasteiger partial charge in [0, 0.05) is 49.9 Å². The lowest BCUT2D eigenvalue weighted by Gasteiger charge is -2.31. The molecule has 122 valence electrons. The number of hydrogen-bond acceptors (Lipinski definition) is 4. The number of nitrogens with zero attached hydrogens (tertiary/aromatic N) is 5. The molecule has 2 aromatic heterocycles. The van der Waals surface area contributed by atoms with Gasteiger partial charge in [-0.15, -0.1) is 0 Å². The second-order valence-corrected chi connectivity index (χ2v) is 6.43. The first kappa shape index (κ1) is 15.6. The standard InChI is InChI=1S/C17H23N5O/c1-12(2)22-11-15(7-20-22)17-9-18-16(8-19-17)14-5-4-6-21(10-14)13(3)23/h7-9,11-12,14H,4-6,10H2,1-3H3. The number of hydrogen-bond donors (Lipinski definition) is 0. The van der Waals surface area contributed by atoms with Gasteiger partial charge in [-0.05, 0) is 26.7 Å². The lowest BCUT2D eigenvalue weighted by Crippen LogP contribution is -2.37. The Kier molecular flexibility index (Phi) is 4.41. The zero-order chi connectivity index (χ0) is 16.4. The molecule has 1 saturated heterocycles. The Hall–Kier alpha value is -2.24. The van der Waals surface area contributed by atoms with Gasteiger partial charge >= 0.3 is 0 Å². The van der Waals surface area contributed by atoms with Crippen LogP contribution in [0.3, 0.4) is 0 Å². The molecule has 0 spiro atoms. The van der Waals surface area contributed by atoms with Gasteiger partial charge in [-0.25, -0.2) is 0 Å². The van der Waals surface area contributed by atoms with Gasteiger partial charge in [-0.2, -0.15) is 5.10 Å². The van der Waals surface area contributed by atoms with Crippen molar-refractivity contribution in [2.75, 3.05) is 13.1 Å². The number of carbonyl (C=O) groups excluding carboxylic acids is 1. The Balaban J connectivity index is 1.75. The fourth-order valence-corrected chi connectivity index (χ4v) is 2.96. The highest BCUT2D eigenvalue weighted by atomic mass is 16.2. The van der Waals surface area contributed by atoms with Crippen LogP contribution in [0, 0.1) is 0 Å². The molecule has 1 aliphatic rings. The van der Waals surface area contributed by atoms with E-state index in [1.807, 2.05) is 34.4 Å². The van der Waals surface area contributed by atoms with E-state index >= 15 is 0 Å². The summed E-state index contributed by atoms with van der Waals surface area (Å²) < 4.78 is 1.91. The van der Waals surface area contributed by atoms with E-state index in [4.69, 9.17) is 0 Å². The number of carbonyl (C=O) groups is 1. The van der Waals surface area contributed by atoms with Crippen LogP contribution in [0.4, 0.5) is 0 Å². The molecule has 3 rings (SSSR count). The van der Waals surface area contributed by atoms with Gasteiger partial charge in [0.2, 0.25) is 5.91 Å². The average molecular weight is 313 g/mol. The Morgan fingerprint density at radius 3 is 2.70 bits per heavy atom. The first-order valence-corrected chi connectivity index (χ1v) is 8.16. The molecule has 6 heteroatoms. The molecular weight excluding hydrogens is 290 g/mol. The number of likely N-dealkylation sites (tertiary alicyclic amines) is 1. The van der Waals surface area contributed by atoms with Crippen LogP contribution >= 0.6 is 0 Å². The molecule has 6 nitrogen and oxygen atoms in total. The van der Waals surface area contributed by atoms with Crippen LogP contribution in [0.15, 0.2) is 24.8 Å². The molecule has 1 fully saturated rings. The lowest BCUT2D eigenvalue weighted by atomic mass is 9.95. The van der Waals surface area contributed by atoms with Crippen molar-refractivity contribution < 1.29 is 4.79 Å². The first-order chi connectivity index (χ1) is 11.0. The quantitative estimate of drug-likeness (QED) is 0.874. The summed E-state index contributed by atoms with van der Waals surface area (Å²) in [5.41, 5.74) is 2.78. The Bertz CT molecular complexity index is 677. The molecule has 1 unspecified atom stereocenters. The Labute approximate surface area is 136 Å². The topological polar surface area (TPSA) is 63.9 Å². The minimum Gasteiger partial charge on any atom is -0.342 e. The van der Waals surface area contributed by atoms with Gasteiger partial charge in [-0.1, -0.05) is 0 Å². The maximum atomic E-state index is 11.6. The molecule has 2 aromatic rings. The van der Waals surface area contributed by atoms with Crippen molar-refractivity contribution in [3.8, 4) is 11.3 Å². The summed E-state index contributed by atoms with van der Waals surface area (Å²) in [6.45, 7) is 7.41. The summed E-state index contributed by atoms with van der Waals surface area (Å²) >= 11 is 0. The Morgan fingerprint density at radius 1 is 1.26 bits per heavy atom. The highest BCUT2D eigenvalue weighted by Crippen LogP contribution is 2.26.